The van der Waals surface area contributed by atoms with Crippen molar-refractivity contribution >= 4 is 33.1 Å². The van der Waals surface area contributed by atoms with Gasteiger partial charge in [0.1, 0.15) is 10.8 Å². The molecule has 3 aromatic carbocycles. The monoisotopic (exact) mass is 603 g/mol. The van der Waals surface area contributed by atoms with Crippen LogP contribution in [-0.2, 0) is 27.8 Å². The van der Waals surface area contributed by atoms with Crippen molar-refractivity contribution in [1.29, 1.82) is 0 Å². The normalized spacial score (nSPS) is 16.2. The fourth-order valence-electron chi connectivity index (χ4n) is 5.24. The Balaban J connectivity index is 1.24. The van der Waals surface area contributed by atoms with E-state index in [1.807, 2.05) is 47.8 Å². The molecule has 4 aromatic rings. The largest absolute Gasteiger partial charge is 0.448 e. The number of nitrogens with zero attached hydrogens (tertiary/aromatic N) is 2. The van der Waals surface area contributed by atoms with Crippen molar-refractivity contribution in [3.8, 4) is 0 Å². The number of para-hydroxylation sites is 1. The highest BCUT2D eigenvalue weighted by molar-refractivity contribution is 7.94. The number of likely N-dealkylation sites (tertiary alicyclic amines) is 1. The number of piperidine rings is 1. The van der Waals surface area contributed by atoms with Gasteiger partial charge < -0.3 is 9.64 Å². The SMILES string of the molecule is C[C@@H](COC(=O)N1CCCCC1c1csc(S(=O)(=O)Nc2ccccc2)c1)N(Cc1ccccc1)Cc1ccccc1. The molecule has 0 saturated carbocycles. The van der Waals surface area contributed by atoms with Crippen molar-refractivity contribution in [3.63, 3.8) is 0 Å². The molecule has 220 valence electrons. The van der Waals surface area contributed by atoms with E-state index in [9.17, 15) is 13.2 Å². The van der Waals surface area contributed by atoms with Gasteiger partial charge in [0.25, 0.3) is 10.0 Å². The predicted molar refractivity (Wildman–Crippen MR) is 168 cm³/mol. The summed E-state index contributed by atoms with van der Waals surface area (Å²) in [5.74, 6) is 0. The third kappa shape index (κ3) is 7.79. The summed E-state index contributed by atoms with van der Waals surface area (Å²) in [6, 6.07) is 30.9. The first-order valence-electron chi connectivity index (χ1n) is 14.3. The third-order valence-electron chi connectivity index (χ3n) is 7.54. The fourth-order valence-corrected chi connectivity index (χ4v) is 7.53. The summed E-state index contributed by atoms with van der Waals surface area (Å²) in [5, 5.41) is 1.85. The van der Waals surface area contributed by atoms with Gasteiger partial charge in [-0.25, -0.2) is 13.2 Å². The highest BCUT2D eigenvalue weighted by Gasteiger charge is 2.31. The maximum Gasteiger partial charge on any atom is 0.410 e. The molecule has 1 saturated heterocycles. The number of thiophene rings is 1. The minimum Gasteiger partial charge on any atom is -0.448 e. The van der Waals surface area contributed by atoms with E-state index in [1.54, 1.807) is 35.2 Å². The van der Waals surface area contributed by atoms with Gasteiger partial charge in [-0.1, -0.05) is 78.9 Å². The molecule has 2 heterocycles. The number of sulfonamides is 1. The molecule has 7 nitrogen and oxygen atoms in total. The Morgan fingerprint density at radius 3 is 2.17 bits per heavy atom. The Kier molecular flexibility index (Phi) is 9.94. The highest BCUT2D eigenvalue weighted by atomic mass is 32.2. The number of hydrogen-bond acceptors (Lipinski definition) is 6. The molecule has 1 aliphatic heterocycles. The first kappa shape index (κ1) is 29.8. The smallest absolute Gasteiger partial charge is 0.410 e. The van der Waals surface area contributed by atoms with Crippen LogP contribution in [0.3, 0.4) is 0 Å². The van der Waals surface area contributed by atoms with E-state index in [-0.39, 0.29) is 29.0 Å². The topological polar surface area (TPSA) is 78.9 Å². The van der Waals surface area contributed by atoms with Crippen LogP contribution in [0, 0.1) is 0 Å². The van der Waals surface area contributed by atoms with Gasteiger partial charge in [0.2, 0.25) is 0 Å². The number of hydrogen-bond donors (Lipinski definition) is 1. The van der Waals surface area contributed by atoms with Crippen molar-refractivity contribution in [2.75, 3.05) is 17.9 Å². The number of amides is 1. The van der Waals surface area contributed by atoms with Crippen molar-refractivity contribution in [1.82, 2.24) is 9.80 Å². The molecule has 0 spiro atoms. The van der Waals surface area contributed by atoms with E-state index < -0.39 is 10.0 Å². The Labute approximate surface area is 252 Å². The van der Waals surface area contributed by atoms with Gasteiger partial charge in [0.15, 0.2) is 0 Å². The van der Waals surface area contributed by atoms with Crippen LogP contribution < -0.4 is 4.72 Å². The lowest BCUT2D eigenvalue weighted by atomic mass is 9.98. The van der Waals surface area contributed by atoms with E-state index >= 15 is 0 Å². The van der Waals surface area contributed by atoms with Crippen LogP contribution >= 0.6 is 11.3 Å². The molecule has 0 bridgehead atoms. The molecular weight excluding hydrogens is 567 g/mol. The average molecular weight is 604 g/mol. The number of benzene rings is 3. The second-order valence-electron chi connectivity index (χ2n) is 10.7. The van der Waals surface area contributed by atoms with E-state index in [1.165, 1.54) is 22.5 Å². The Hall–Kier alpha value is -3.66. The summed E-state index contributed by atoms with van der Waals surface area (Å²) < 4.78 is 34.8. The summed E-state index contributed by atoms with van der Waals surface area (Å²) in [4.78, 5) is 17.5. The van der Waals surface area contributed by atoms with E-state index in [2.05, 4.69) is 40.8 Å². The van der Waals surface area contributed by atoms with Crippen molar-refractivity contribution in [2.24, 2.45) is 0 Å². The van der Waals surface area contributed by atoms with Crippen molar-refractivity contribution in [3.05, 3.63) is 119 Å². The molecule has 0 radical (unpaired) electrons. The van der Waals surface area contributed by atoms with Crippen LogP contribution in [0.5, 0.6) is 0 Å². The van der Waals surface area contributed by atoms with E-state index in [0.717, 1.165) is 37.9 Å². The third-order valence-corrected chi connectivity index (χ3v) is 10.4. The summed E-state index contributed by atoms with van der Waals surface area (Å²) in [6.45, 7) is 4.40. The Morgan fingerprint density at radius 1 is 0.952 bits per heavy atom. The van der Waals surface area contributed by atoms with Gasteiger partial charge in [-0.2, -0.15) is 0 Å². The minimum atomic E-state index is -3.72. The van der Waals surface area contributed by atoms with Gasteiger partial charge >= 0.3 is 6.09 Å². The van der Waals surface area contributed by atoms with Crippen LogP contribution in [0.2, 0.25) is 0 Å². The fraction of sp³-hybridized carbons (Fsp3) is 0.303. The zero-order chi connectivity index (χ0) is 29.4. The molecule has 42 heavy (non-hydrogen) atoms. The Bertz CT molecular complexity index is 1490. The second kappa shape index (κ2) is 14.0. The molecule has 1 N–H and O–H groups in total. The number of ether oxygens (including phenoxy) is 1. The summed E-state index contributed by atoms with van der Waals surface area (Å²) >= 11 is 1.17. The number of carbonyl (C=O) groups is 1. The predicted octanol–water partition coefficient (Wildman–Crippen LogP) is 7.30. The van der Waals surface area contributed by atoms with Crippen molar-refractivity contribution < 1.29 is 17.9 Å². The molecule has 1 unspecified atom stereocenters. The molecule has 1 amide bonds. The first-order chi connectivity index (χ1) is 20.4. The van der Waals surface area contributed by atoms with Gasteiger partial charge in [-0.05, 0) is 66.5 Å². The number of anilines is 1. The van der Waals surface area contributed by atoms with Crippen LogP contribution in [0.25, 0.3) is 0 Å². The van der Waals surface area contributed by atoms with Gasteiger partial charge in [0.05, 0.1) is 6.04 Å². The number of rotatable bonds is 11. The lowest BCUT2D eigenvalue weighted by molar-refractivity contribution is 0.0464. The van der Waals surface area contributed by atoms with Crippen LogP contribution in [-0.4, -0.2) is 43.5 Å². The maximum atomic E-state index is 13.4. The molecule has 1 aliphatic rings. The second-order valence-corrected chi connectivity index (χ2v) is 13.5. The summed E-state index contributed by atoms with van der Waals surface area (Å²) in [5.41, 5.74) is 3.74. The summed E-state index contributed by atoms with van der Waals surface area (Å²) in [6.07, 6.45) is 2.26. The summed E-state index contributed by atoms with van der Waals surface area (Å²) in [7, 11) is -3.72. The molecule has 9 heteroatoms. The molecular formula is C33H37N3O4S2. The van der Waals surface area contributed by atoms with E-state index in [4.69, 9.17) is 4.74 Å². The van der Waals surface area contributed by atoms with Gasteiger partial charge in [-0.15, -0.1) is 11.3 Å². The van der Waals surface area contributed by atoms with Gasteiger partial charge in [0, 0.05) is 31.4 Å². The minimum absolute atomic E-state index is 0.0143. The number of carbonyl (C=O) groups excluding carboxylic acids is 1. The molecule has 0 aliphatic carbocycles. The lowest BCUT2D eigenvalue weighted by Crippen LogP contribution is -2.41. The number of nitrogens with one attached hydrogen (secondary N) is 1. The quantitative estimate of drug-likeness (QED) is 0.195. The van der Waals surface area contributed by atoms with Crippen LogP contribution in [0.15, 0.2) is 107 Å². The van der Waals surface area contributed by atoms with Crippen LogP contribution in [0.4, 0.5) is 10.5 Å². The Morgan fingerprint density at radius 2 is 1.55 bits per heavy atom. The van der Waals surface area contributed by atoms with Crippen LogP contribution in [0.1, 0.15) is 48.9 Å². The van der Waals surface area contributed by atoms with Crippen molar-refractivity contribution in [2.45, 2.75) is 55.6 Å². The molecule has 2 atom stereocenters. The maximum absolute atomic E-state index is 13.4. The molecule has 1 aromatic heterocycles. The molecule has 1 fully saturated rings. The standard InChI is InChI=1S/C33H37N3O4S2/c1-26(35(22-27-13-5-2-6-14-27)23-28-15-7-3-8-16-28)24-40-33(37)36-20-12-11-19-31(36)29-21-32(41-25-29)42(38,39)34-30-17-9-4-10-18-30/h2-10,13-18,21,25-26,31,34H,11-12,19-20,22-24H2,1H3/t26-,31?/m0/s1. The first-order valence-corrected chi connectivity index (χ1v) is 16.7. The zero-order valence-corrected chi connectivity index (χ0v) is 25.4. The lowest BCUT2D eigenvalue weighted by Gasteiger charge is -2.35. The zero-order valence-electron chi connectivity index (χ0n) is 23.8. The van der Waals surface area contributed by atoms with Gasteiger partial charge in [-0.3, -0.25) is 9.62 Å². The van der Waals surface area contributed by atoms with E-state index in [0.29, 0.717) is 12.2 Å². The highest BCUT2D eigenvalue weighted by Crippen LogP contribution is 2.35. The molecule has 5 rings (SSSR count). The average Bonchev–Trinajstić information content (AvgIpc) is 3.52.